The lowest BCUT2D eigenvalue weighted by atomic mass is 10.2. The maximum absolute atomic E-state index is 11.7. The molecule has 0 aliphatic heterocycles. The van der Waals surface area contributed by atoms with Crippen molar-refractivity contribution >= 4 is 29.9 Å². The summed E-state index contributed by atoms with van der Waals surface area (Å²) in [5.41, 5.74) is 0. The highest BCUT2D eigenvalue weighted by Gasteiger charge is 2.12. The second-order valence-corrected chi connectivity index (χ2v) is 9.84. The Balaban J connectivity index is -0.000000724. The standard InChI is InChI=1S/C17H33N3O5.C7H10N2O2.C7H15NO3/c1-4-16(22)20(11-13-24-3)12-14-25-17(23)19-10-8-6-5-7-9-18-15(2)21;8-6-11-5-3-1-2-4-9-7-10;1-2-7(11)8(3-5-9)4-6-10/h4-14H2,1-3H3,(H,18,21)(H,19,23);1-5H2;9-10H,2-6H2,1H3. The van der Waals surface area contributed by atoms with E-state index in [4.69, 9.17) is 24.9 Å². The molecule has 16 nitrogen and oxygen atoms in total. The molecule has 0 bridgehead atoms. The number of nitrogens with zero attached hydrogens (tertiary/aromatic N) is 4. The van der Waals surface area contributed by atoms with Crippen LogP contribution in [0.25, 0.3) is 0 Å². The summed E-state index contributed by atoms with van der Waals surface area (Å²) in [4.78, 5) is 61.0. The quantitative estimate of drug-likeness (QED) is 0.0470. The number of hydrogen-bond donors (Lipinski definition) is 4. The zero-order valence-electron chi connectivity index (χ0n) is 28.8. The molecule has 0 fully saturated rings. The number of ether oxygens (including phenoxy) is 3. The van der Waals surface area contributed by atoms with Crippen molar-refractivity contribution in [2.24, 2.45) is 4.99 Å². The highest BCUT2D eigenvalue weighted by molar-refractivity contribution is 5.76. The molecule has 4 amide bonds. The molecule has 0 aliphatic rings. The minimum Gasteiger partial charge on any atom is -0.448 e. The summed E-state index contributed by atoms with van der Waals surface area (Å²) < 4.78 is 14.5. The molecule has 0 aromatic rings. The number of carbonyl (C=O) groups is 4. The Morgan fingerprint density at radius 1 is 0.766 bits per heavy atom. The van der Waals surface area contributed by atoms with Gasteiger partial charge in [-0.15, -0.1) is 0 Å². The molecule has 47 heavy (non-hydrogen) atoms. The molecule has 0 saturated carbocycles. The maximum Gasteiger partial charge on any atom is 0.407 e. The third-order valence-electron chi connectivity index (χ3n) is 6.10. The average Bonchev–Trinajstić information content (AvgIpc) is 3.06. The molecular weight excluding hydrogens is 616 g/mol. The van der Waals surface area contributed by atoms with Crippen LogP contribution in [0, 0.1) is 11.5 Å². The smallest absolute Gasteiger partial charge is 0.407 e. The van der Waals surface area contributed by atoms with Crippen molar-refractivity contribution in [2.75, 3.05) is 86.0 Å². The van der Waals surface area contributed by atoms with Gasteiger partial charge in [-0.1, -0.05) is 26.7 Å². The van der Waals surface area contributed by atoms with E-state index in [2.05, 4.69) is 20.4 Å². The molecule has 16 heteroatoms. The average molecular weight is 675 g/mol. The van der Waals surface area contributed by atoms with Crippen LogP contribution in [0.2, 0.25) is 0 Å². The van der Waals surface area contributed by atoms with E-state index in [9.17, 15) is 24.0 Å². The number of rotatable bonds is 25. The predicted molar refractivity (Wildman–Crippen MR) is 175 cm³/mol. The largest absolute Gasteiger partial charge is 0.448 e. The molecule has 0 spiro atoms. The van der Waals surface area contributed by atoms with Crippen LogP contribution in [0.4, 0.5) is 4.79 Å². The normalized spacial score (nSPS) is 9.55. The molecule has 0 radical (unpaired) electrons. The van der Waals surface area contributed by atoms with Crippen LogP contribution in [0.5, 0.6) is 0 Å². The summed E-state index contributed by atoms with van der Waals surface area (Å²) in [6.07, 6.45) is 9.81. The van der Waals surface area contributed by atoms with E-state index >= 15 is 0 Å². The van der Waals surface area contributed by atoms with Gasteiger partial charge in [0.25, 0.3) is 6.26 Å². The lowest BCUT2D eigenvalue weighted by Gasteiger charge is -2.21. The molecule has 0 aromatic carbocycles. The zero-order chi connectivity index (χ0) is 36.0. The molecule has 4 N–H and O–H groups in total. The number of methoxy groups -OCH3 is 1. The van der Waals surface area contributed by atoms with E-state index in [0.717, 1.165) is 44.9 Å². The molecule has 0 saturated heterocycles. The monoisotopic (exact) mass is 674 g/mol. The van der Waals surface area contributed by atoms with Gasteiger partial charge in [0.05, 0.1) is 32.9 Å². The molecular formula is C31H58N6O10. The van der Waals surface area contributed by atoms with Gasteiger partial charge in [0.15, 0.2) is 0 Å². The van der Waals surface area contributed by atoms with Gasteiger partial charge in [0.1, 0.15) is 13.2 Å². The van der Waals surface area contributed by atoms with Crippen LogP contribution in [0.1, 0.15) is 78.6 Å². The number of hydrogen-bond acceptors (Lipinski definition) is 12. The molecule has 0 aliphatic carbocycles. The van der Waals surface area contributed by atoms with Crippen molar-refractivity contribution in [1.82, 2.24) is 20.4 Å². The van der Waals surface area contributed by atoms with Gasteiger partial charge in [0.2, 0.25) is 23.8 Å². The van der Waals surface area contributed by atoms with Crippen molar-refractivity contribution in [2.45, 2.75) is 78.6 Å². The third-order valence-corrected chi connectivity index (χ3v) is 6.10. The molecule has 0 rings (SSSR count). The lowest BCUT2D eigenvalue weighted by Crippen LogP contribution is -2.37. The lowest BCUT2D eigenvalue weighted by molar-refractivity contribution is -0.132. The number of nitriles is 1. The molecule has 0 heterocycles. The van der Waals surface area contributed by atoms with E-state index in [1.807, 2.05) is 0 Å². The summed E-state index contributed by atoms with van der Waals surface area (Å²) in [5.74, 6) is -0.0285. The number of unbranched alkanes of at least 4 members (excludes halogenated alkanes) is 5. The van der Waals surface area contributed by atoms with Crippen LogP contribution < -0.4 is 10.6 Å². The first-order valence-corrected chi connectivity index (χ1v) is 16.1. The van der Waals surface area contributed by atoms with Crippen LogP contribution in [-0.2, 0) is 33.4 Å². The fourth-order valence-corrected chi connectivity index (χ4v) is 3.60. The van der Waals surface area contributed by atoms with Crippen molar-refractivity contribution in [3.8, 4) is 6.26 Å². The zero-order valence-corrected chi connectivity index (χ0v) is 28.8. The number of carbonyl (C=O) groups excluding carboxylic acids is 5. The van der Waals surface area contributed by atoms with Gasteiger partial charge in [-0.05, 0) is 32.1 Å². The number of aliphatic hydroxyl groups excluding tert-OH is 2. The molecule has 0 unspecified atom stereocenters. The minimum atomic E-state index is -0.464. The van der Waals surface area contributed by atoms with E-state index in [1.165, 1.54) is 17.9 Å². The highest BCUT2D eigenvalue weighted by atomic mass is 16.5. The Labute approximate surface area is 279 Å². The van der Waals surface area contributed by atoms with Crippen molar-refractivity contribution in [3.05, 3.63) is 0 Å². The second-order valence-electron chi connectivity index (χ2n) is 9.84. The molecule has 272 valence electrons. The first-order valence-electron chi connectivity index (χ1n) is 16.1. The minimum absolute atomic E-state index is 0.00849. The molecule has 0 atom stereocenters. The summed E-state index contributed by atoms with van der Waals surface area (Å²) in [6, 6.07) is 0. The van der Waals surface area contributed by atoms with Crippen molar-refractivity contribution in [3.63, 3.8) is 0 Å². The Morgan fingerprint density at radius 2 is 1.30 bits per heavy atom. The fourth-order valence-electron chi connectivity index (χ4n) is 3.60. The van der Waals surface area contributed by atoms with Gasteiger partial charge >= 0.3 is 6.09 Å². The first-order chi connectivity index (χ1) is 22.7. The summed E-state index contributed by atoms with van der Waals surface area (Å²) >= 11 is 0. The van der Waals surface area contributed by atoms with E-state index < -0.39 is 6.09 Å². The van der Waals surface area contributed by atoms with Gasteiger partial charge in [-0.25, -0.2) is 14.6 Å². The summed E-state index contributed by atoms with van der Waals surface area (Å²) in [7, 11) is 1.58. The van der Waals surface area contributed by atoms with E-state index in [-0.39, 0.29) is 37.5 Å². The van der Waals surface area contributed by atoms with Crippen LogP contribution in [0.15, 0.2) is 4.99 Å². The fraction of sp³-hybridized carbons (Fsp3) is 0.806. The number of nitrogens with one attached hydrogen (secondary N) is 2. The Morgan fingerprint density at radius 3 is 1.79 bits per heavy atom. The number of aliphatic hydroxyl groups is 2. The number of isocyanates is 1. The van der Waals surface area contributed by atoms with Crippen molar-refractivity contribution < 1.29 is 48.4 Å². The predicted octanol–water partition coefficient (Wildman–Crippen LogP) is 1.49. The van der Waals surface area contributed by atoms with E-state index in [1.54, 1.807) is 32.1 Å². The summed E-state index contributed by atoms with van der Waals surface area (Å²) in [5, 5.41) is 30.5. The number of aliphatic imine (C=N–C) groups is 1. The number of alkyl carbamates (subject to hydrolysis) is 1. The van der Waals surface area contributed by atoms with Gasteiger partial charge in [-0.3, -0.25) is 14.4 Å². The Bertz CT molecular complexity index is 875. The van der Waals surface area contributed by atoms with Crippen LogP contribution in [0.3, 0.4) is 0 Å². The van der Waals surface area contributed by atoms with Gasteiger partial charge in [0, 0.05) is 59.6 Å². The van der Waals surface area contributed by atoms with Crippen LogP contribution >= 0.6 is 0 Å². The Kier molecular flexibility index (Phi) is 38.9. The van der Waals surface area contributed by atoms with Gasteiger partial charge < -0.3 is 44.9 Å². The SMILES string of the molecule is CCC(=O)N(CCO)CCO.CCC(=O)N(CCOC)CCOC(=O)NCCCCCCNC(C)=O.N#COCCCCCN=C=O. The third kappa shape index (κ3) is 36.6. The first kappa shape index (κ1) is 47.6. The summed E-state index contributed by atoms with van der Waals surface area (Å²) in [6.45, 7) is 9.30. The van der Waals surface area contributed by atoms with Crippen molar-refractivity contribution in [1.29, 1.82) is 5.26 Å². The Hall–Kier alpha value is -3.77. The number of amides is 4. The van der Waals surface area contributed by atoms with Crippen LogP contribution in [-0.4, -0.2) is 136 Å². The van der Waals surface area contributed by atoms with Gasteiger partial charge in [-0.2, -0.15) is 5.26 Å². The highest BCUT2D eigenvalue weighted by Crippen LogP contribution is 1.99. The second kappa shape index (κ2) is 38.4. The van der Waals surface area contributed by atoms with E-state index in [0.29, 0.717) is 71.9 Å². The maximum atomic E-state index is 11.7. The topological polar surface area (TPSA) is 220 Å². The molecule has 0 aromatic heterocycles.